The summed E-state index contributed by atoms with van der Waals surface area (Å²) in [5.41, 5.74) is 0.382. The van der Waals surface area contributed by atoms with Crippen molar-refractivity contribution < 1.29 is 0 Å². The van der Waals surface area contributed by atoms with Gasteiger partial charge in [0.25, 0.3) is 0 Å². The predicted octanol–water partition coefficient (Wildman–Crippen LogP) is 3.22. The Morgan fingerprint density at radius 3 is 2.60 bits per heavy atom. The SMILES string of the molecule is CSC1=CC(C)(C)CC=C1. The quantitative estimate of drug-likeness (QED) is 0.559. The van der Waals surface area contributed by atoms with Gasteiger partial charge in [-0.1, -0.05) is 32.1 Å². The molecule has 0 saturated heterocycles. The van der Waals surface area contributed by atoms with Crippen LogP contribution >= 0.6 is 11.8 Å². The highest BCUT2D eigenvalue weighted by Crippen LogP contribution is 2.32. The van der Waals surface area contributed by atoms with Gasteiger partial charge in [0.15, 0.2) is 0 Å². The molecule has 0 heterocycles. The van der Waals surface area contributed by atoms with Gasteiger partial charge in [0, 0.05) is 4.91 Å². The van der Waals surface area contributed by atoms with Crippen LogP contribution in [0.5, 0.6) is 0 Å². The fourth-order valence-corrected chi connectivity index (χ4v) is 1.77. The van der Waals surface area contributed by atoms with Crippen LogP contribution in [0, 0.1) is 5.41 Å². The zero-order valence-corrected chi connectivity index (χ0v) is 7.66. The number of allylic oxidation sites excluding steroid dienone is 3. The molecule has 0 atom stereocenters. The highest BCUT2D eigenvalue weighted by Gasteiger charge is 2.15. The van der Waals surface area contributed by atoms with E-state index in [1.807, 2.05) is 11.8 Å². The Kier molecular flexibility index (Phi) is 2.24. The summed E-state index contributed by atoms with van der Waals surface area (Å²) in [7, 11) is 0. The Morgan fingerprint density at radius 1 is 1.50 bits per heavy atom. The molecule has 0 aromatic heterocycles. The van der Waals surface area contributed by atoms with Gasteiger partial charge in [-0.05, 0) is 18.1 Å². The second-order valence-corrected chi connectivity index (χ2v) is 4.23. The van der Waals surface area contributed by atoms with Crippen molar-refractivity contribution in [2.24, 2.45) is 5.41 Å². The molecule has 0 amide bonds. The van der Waals surface area contributed by atoms with Crippen LogP contribution in [-0.4, -0.2) is 6.26 Å². The molecule has 0 bridgehead atoms. The van der Waals surface area contributed by atoms with Crippen LogP contribution in [0.2, 0.25) is 0 Å². The van der Waals surface area contributed by atoms with Crippen molar-refractivity contribution in [2.45, 2.75) is 20.3 Å². The lowest BCUT2D eigenvalue weighted by Crippen LogP contribution is -2.08. The first-order chi connectivity index (χ1) is 4.64. The molecular formula is C9H14S. The predicted molar refractivity (Wildman–Crippen MR) is 49.1 cm³/mol. The van der Waals surface area contributed by atoms with Gasteiger partial charge >= 0.3 is 0 Å². The van der Waals surface area contributed by atoms with Crippen LogP contribution < -0.4 is 0 Å². The summed E-state index contributed by atoms with van der Waals surface area (Å²) in [4.78, 5) is 1.40. The lowest BCUT2D eigenvalue weighted by Gasteiger charge is -2.22. The van der Waals surface area contributed by atoms with E-state index in [4.69, 9.17) is 0 Å². The maximum atomic E-state index is 2.34. The maximum absolute atomic E-state index is 2.34. The van der Waals surface area contributed by atoms with Gasteiger partial charge in [-0.2, -0.15) is 0 Å². The summed E-state index contributed by atoms with van der Waals surface area (Å²) in [5.74, 6) is 0. The van der Waals surface area contributed by atoms with E-state index in [-0.39, 0.29) is 0 Å². The smallest absolute Gasteiger partial charge is 0.00315 e. The summed E-state index contributed by atoms with van der Waals surface area (Å²) in [6, 6.07) is 0. The van der Waals surface area contributed by atoms with Crippen molar-refractivity contribution >= 4 is 11.8 Å². The molecule has 1 aliphatic carbocycles. The first-order valence-corrected chi connectivity index (χ1v) is 4.80. The molecule has 0 radical (unpaired) electrons. The highest BCUT2D eigenvalue weighted by atomic mass is 32.2. The normalized spacial score (nSPS) is 22.5. The lowest BCUT2D eigenvalue weighted by atomic mass is 9.86. The molecule has 0 aliphatic heterocycles. The minimum Gasteiger partial charge on any atom is -0.130 e. The molecule has 0 nitrogen and oxygen atoms in total. The van der Waals surface area contributed by atoms with E-state index in [2.05, 4.69) is 38.3 Å². The first-order valence-electron chi connectivity index (χ1n) is 3.57. The molecule has 1 heteroatoms. The summed E-state index contributed by atoms with van der Waals surface area (Å²) in [6.07, 6.45) is 10.1. The summed E-state index contributed by atoms with van der Waals surface area (Å²) in [5, 5.41) is 0. The van der Waals surface area contributed by atoms with Crippen LogP contribution in [0.15, 0.2) is 23.1 Å². The molecule has 0 unspecified atom stereocenters. The van der Waals surface area contributed by atoms with Gasteiger partial charge in [0.2, 0.25) is 0 Å². The van der Waals surface area contributed by atoms with Crippen LogP contribution in [0.4, 0.5) is 0 Å². The molecule has 0 spiro atoms. The zero-order chi connectivity index (χ0) is 7.61. The van der Waals surface area contributed by atoms with Crippen molar-refractivity contribution in [1.82, 2.24) is 0 Å². The molecule has 1 aliphatic rings. The van der Waals surface area contributed by atoms with Crippen LogP contribution in [0.25, 0.3) is 0 Å². The average molecular weight is 154 g/mol. The third kappa shape index (κ3) is 1.91. The minimum atomic E-state index is 0.382. The number of hydrogen-bond donors (Lipinski definition) is 0. The second-order valence-electron chi connectivity index (χ2n) is 3.35. The molecule has 10 heavy (non-hydrogen) atoms. The van der Waals surface area contributed by atoms with Crippen LogP contribution in [0.3, 0.4) is 0 Å². The summed E-state index contributed by atoms with van der Waals surface area (Å²) >= 11 is 1.82. The van der Waals surface area contributed by atoms with Crippen molar-refractivity contribution in [3.63, 3.8) is 0 Å². The fraction of sp³-hybridized carbons (Fsp3) is 0.556. The fourth-order valence-electron chi connectivity index (χ4n) is 1.10. The van der Waals surface area contributed by atoms with Crippen molar-refractivity contribution in [1.29, 1.82) is 0 Å². The molecule has 0 saturated carbocycles. The first kappa shape index (κ1) is 7.93. The van der Waals surface area contributed by atoms with Crippen molar-refractivity contribution in [3.05, 3.63) is 23.1 Å². The lowest BCUT2D eigenvalue weighted by molar-refractivity contribution is 0.483. The van der Waals surface area contributed by atoms with E-state index in [1.165, 1.54) is 11.3 Å². The van der Waals surface area contributed by atoms with Gasteiger partial charge in [0.05, 0.1) is 0 Å². The van der Waals surface area contributed by atoms with E-state index >= 15 is 0 Å². The Labute approximate surface area is 67.4 Å². The molecule has 0 fully saturated rings. The molecule has 0 N–H and O–H groups in total. The topological polar surface area (TPSA) is 0 Å². The van der Waals surface area contributed by atoms with E-state index in [0.717, 1.165) is 0 Å². The highest BCUT2D eigenvalue weighted by molar-refractivity contribution is 8.02. The summed E-state index contributed by atoms with van der Waals surface area (Å²) < 4.78 is 0. The monoisotopic (exact) mass is 154 g/mol. The minimum absolute atomic E-state index is 0.382. The van der Waals surface area contributed by atoms with E-state index in [0.29, 0.717) is 5.41 Å². The average Bonchev–Trinajstić information content (AvgIpc) is 1.86. The number of thioether (sulfide) groups is 1. The van der Waals surface area contributed by atoms with Crippen LogP contribution in [0.1, 0.15) is 20.3 Å². The largest absolute Gasteiger partial charge is 0.130 e. The second kappa shape index (κ2) is 2.83. The van der Waals surface area contributed by atoms with E-state index in [9.17, 15) is 0 Å². The summed E-state index contributed by atoms with van der Waals surface area (Å²) in [6.45, 7) is 4.54. The van der Waals surface area contributed by atoms with Crippen molar-refractivity contribution in [3.8, 4) is 0 Å². The van der Waals surface area contributed by atoms with Gasteiger partial charge in [-0.15, -0.1) is 11.8 Å². The van der Waals surface area contributed by atoms with Gasteiger partial charge in [-0.25, -0.2) is 0 Å². The van der Waals surface area contributed by atoms with Crippen molar-refractivity contribution in [2.75, 3.05) is 6.26 Å². The Balaban J connectivity index is 2.75. The third-order valence-corrected chi connectivity index (χ3v) is 2.42. The molecule has 56 valence electrons. The van der Waals surface area contributed by atoms with Gasteiger partial charge < -0.3 is 0 Å². The molecule has 0 aromatic rings. The molecule has 0 aromatic carbocycles. The number of rotatable bonds is 1. The van der Waals surface area contributed by atoms with E-state index in [1.54, 1.807) is 0 Å². The zero-order valence-electron chi connectivity index (χ0n) is 6.85. The Morgan fingerprint density at radius 2 is 2.20 bits per heavy atom. The van der Waals surface area contributed by atoms with E-state index < -0.39 is 0 Å². The van der Waals surface area contributed by atoms with Crippen LogP contribution in [-0.2, 0) is 0 Å². The Hall–Kier alpha value is -0.170. The maximum Gasteiger partial charge on any atom is 0.00315 e. The third-order valence-electron chi connectivity index (χ3n) is 1.69. The Bertz CT molecular complexity index is 175. The molecule has 1 rings (SSSR count). The molecular weight excluding hydrogens is 140 g/mol. The standard InChI is InChI=1S/C9H14S/c1-9(2)6-4-5-8(7-9)10-3/h4-5,7H,6H2,1-3H3. The van der Waals surface area contributed by atoms with Gasteiger partial charge in [0.1, 0.15) is 0 Å². The van der Waals surface area contributed by atoms with Gasteiger partial charge in [-0.3, -0.25) is 0 Å². The number of hydrogen-bond acceptors (Lipinski definition) is 1.